The lowest BCUT2D eigenvalue weighted by atomic mass is 10.4. The molecule has 3 heteroatoms. The van der Waals surface area contributed by atoms with Crippen LogP contribution >= 0.6 is 0 Å². The van der Waals surface area contributed by atoms with E-state index >= 15 is 0 Å². The Morgan fingerprint density at radius 1 is 1.53 bits per heavy atom. The predicted molar refractivity (Wildman–Crippen MR) is 65.1 cm³/mol. The summed E-state index contributed by atoms with van der Waals surface area (Å²) < 4.78 is 0. The molecule has 3 nitrogen and oxygen atoms in total. The number of hydrogen-bond acceptors (Lipinski definition) is 3. The van der Waals surface area contributed by atoms with E-state index in [1.165, 1.54) is 0 Å². The minimum atomic E-state index is 0.841. The molecule has 0 aliphatic heterocycles. The second-order valence-electron chi connectivity index (χ2n) is 2.91. The molecule has 0 amide bonds. The van der Waals surface area contributed by atoms with E-state index in [9.17, 15) is 0 Å². The Labute approximate surface area is 90.5 Å². The van der Waals surface area contributed by atoms with Crippen LogP contribution in [0.25, 0.3) is 0 Å². The van der Waals surface area contributed by atoms with E-state index in [1.54, 1.807) is 18.5 Å². The summed E-state index contributed by atoms with van der Waals surface area (Å²) in [5, 5.41) is 0. The zero-order chi connectivity index (χ0) is 11.1. The molecular weight excluding hydrogens is 186 g/mol. The van der Waals surface area contributed by atoms with Crippen molar-refractivity contribution in [3.8, 4) is 0 Å². The summed E-state index contributed by atoms with van der Waals surface area (Å²) in [5.74, 6) is 1.71. The van der Waals surface area contributed by atoms with Crippen molar-refractivity contribution in [1.29, 1.82) is 0 Å². The largest absolute Gasteiger partial charge is 0.314 e. The monoisotopic (exact) mass is 201 g/mol. The summed E-state index contributed by atoms with van der Waals surface area (Å²) >= 11 is 0. The number of pyridine rings is 1. The second-order valence-corrected chi connectivity index (χ2v) is 2.91. The maximum absolute atomic E-state index is 4.24. The molecule has 0 bridgehead atoms. The van der Waals surface area contributed by atoms with Crippen LogP contribution in [0.3, 0.4) is 0 Å². The van der Waals surface area contributed by atoms with Crippen molar-refractivity contribution in [2.75, 3.05) is 11.9 Å². The normalized spacial score (nSPS) is 11.7. The molecule has 0 spiro atoms. The first kappa shape index (κ1) is 11.2. The number of nitrogens with zero attached hydrogens (tertiary/aromatic N) is 3. The molecule has 1 aromatic heterocycles. The molecule has 0 aliphatic rings. The topological polar surface area (TPSA) is 28.5 Å². The van der Waals surface area contributed by atoms with Gasteiger partial charge in [0.2, 0.25) is 0 Å². The van der Waals surface area contributed by atoms with Gasteiger partial charge in [-0.25, -0.2) is 9.98 Å². The first-order chi connectivity index (χ1) is 7.29. The summed E-state index contributed by atoms with van der Waals surface area (Å²) in [4.78, 5) is 10.4. The SMILES string of the molecule is C=CC=N/C(=C\C)N(C)c1ccccn1. The molecule has 0 aliphatic carbocycles. The van der Waals surface area contributed by atoms with Gasteiger partial charge in [0.15, 0.2) is 0 Å². The molecule has 0 atom stereocenters. The summed E-state index contributed by atoms with van der Waals surface area (Å²) in [7, 11) is 1.93. The summed E-state index contributed by atoms with van der Waals surface area (Å²) in [6.45, 7) is 5.53. The molecule has 1 rings (SSSR count). The number of aliphatic imine (C=N–C) groups is 1. The minimum Gasteiger partial charge on any atom is -0.314 e. The van der Waals surface area contributed by atoms with Crippen molar-refractivity contribution in [2.45, 2.75) is 6.92 Å². The summed E-state index contributed by atoms with van der Waals surface area (Å²) in [5.41, 5.74) is 0. The molecule has 0 aromatic carbocycles. The highest BCUT2D eigenvalue weighted by Gasteiger charge is 2.04. The molecule has 0 saturated carbocycles. The van der Waals surface area contributed by atoms with Gasteiger partial charge in [0.25, 0.3) is 0 Å². The third kappa shape index (κ3) is 3.06. The number of aromatic nitrogens is 1. The van der Waals surface area contributed by atoms with Crippen LogP contribution in [0.5, 0.6) is 0 Å². The van der Waals surface area contributed by atoms with Gasteiger partial charge in [-0.05, 0) is 25.1 Å². The first-order valence-corrected chi connectivity index (χ1v) is 4.75. The van der Waals surface area contributed by atoms with Gasteiger partial charge < -0.3 is 4.90 Å². The molecule has 1 heterocycles. The van der Waals surface area contributed by atoms with E-state index in [0.717, 1.165) is 11.6 Å². The van der Waals surface area contributed by atoms with Crippen LogP contribution in [-0.2, 0) is 0 Å². The van der Waals surface area contributed by atoms with Crippen molar-refractivity contribution < 1.29 is 0 Å². The molecule has 0 N–H and O–H groups in total. The van der Waals surface area contributed by atoms with Gasteiger partial charge in [-0.3, -0.25) is 0 Å². The number of rotatable bonds is 4. The summed E-state index contributed by atoms with van der Waals surface area (Å²) in [6, 6.07) is 5.77. The average molecular weight is 201 g/mol. The predicted octanol–water partition coefficient (Wildman–Crippen LogP) is 2.64. The smallest absolute Gasteiger partial charge is 0.133 e. The third-order valence-corrected chi connectivity index (χ3v) is 1.91. The van der Waals surface area contributed by atoms with Gasteiger partial charge in [-0.2, -0.15) is 0 Å². The van der Waals surface area contributed by atoms with Crippen molar-refractivity contribution in [2.24, 2.45) is 4.99 Å². The Balaban J connectivity index is 2.88. The van der Waals surface area contributed by atoms with E-state index in [2.05, 4.69) is 16.6 Å². The average Bonchev–Trinajstić information content (AvgIpc) is 2.31. The quantitative estimate of drug-likeness (QED) is 0.700. The lowest BCUT2D eigenvalue weighted by Gasteiger charge is -2.17. The lowest BCUT2D eigenvalue weighted by molar-refractivity contribution is 1.02. The Morgan fingerprint density at radius 3 is 2.87 bits per heavy atom. The van der Waals surface area contributed by atoms with Gasteiger partial charge >= 0.3 is 0 Å². The molecule has 15 heavy (non-hydrogen) atoms. The van der Waals surface area contributed by atoms with E-state index in [-0.39, 0.29) is 0 Å². The fourth-order valence-corrected chi connectivity index (χ4v) is 1.15. The van der Waals surface area contributed by atoms with Crippen LogP contribution in [0, 0.1) is 0 Å². The van der Waals surface area contributed by atoms with E-state index in [0.29, 0.717) is 0 Å². The number of allylic oxidation sites excluding steroid dienone is 2. The van der Waals surface area contributed by atoms with E-state index in [1.807, 2.05) is 43.1 Å². The van der Waals surface area contributed by atoms with Crippen LogP contribution in [0.15, 0.2) is 53.9 Å². The molecule has 1 aromatic rings. The van der Waals surface area contributed by atoms with Gasteiger partial charge in [-0.15, -0.1) is 0 Å². The van der Waals surface area contributed by atoms with Gasteiger partial charge in [0, 0.05) is 19.5 Å². The summed E-state index contributed by atoms with van der Waals surface area (Å²) in [6.07, 6.45) is 7.00. The van der Waals surface area contributed by atoms with E-state index in [4.69, 9.17) is 0 Å². The molecule has 0 saturated heterocycles. The zero-order valence-electron chi connectivity index (χ0n) is 9.09. The number of anilines is 1. The van der Waals surface area contributed by atoms with Gasteiger partial charge in [0.05, 0.1) is 0 Å². The van der Waals surface area contributed by atoms with Crippen molar-refractivity contribution in [3.05, 3.63) is 48.9 Å². The highest BCUT2D eigenvalue weighted by atomic mass is 15.2. The van der Waals surface area contributed by atoms with Crippen LogP contribution in [-0.4, -0.2) is 18.2 Å². The Hall–Kier alpha value is -1.90. The lowest BCUT2D eigenvalue weighted by Crippen LogP contribution is -2.16. The maximum Gasteiger partial charge on any atom is 0.133 e. The second kappa shape index (κ2) is 5.75. The van der Waals surface area contributed by atoms with Crippen molar-refractivity contribution in [1.82, 2.24) is 4.98 Å². The molecule has 0 radical (unpaired) electrons. The zero-order valence-corrected chi connectivity index (χ0v) is 9.09. The Kier molecular flexibility index (Phi) is 4.29. The maximum atomic E-state index is 4.24. The van der Waals surface area contributed by atoms with Crippen LogP contribution in [0.2, 0.25) is 0 Å². The van der Waals surface area contributed by atoms with E-state index < -0.39 is 0 Å². The Bertz CT molecular complexity index is 366. The van der Waals surface area contributed by atoms with Gasteiger partial charge in [0.1, 0.15) is 11.6 Å². The first-order valence-electron chi connectivity index (χ1n) is 4.75. The highest BCUT2D eigenvalue weighted by molar-refractivity contribution is 5.71. The molecule has 0 fully saturated rings. The minimum absolute atomic E-state index is 0.841. The standard InChI is InChI=1S/C12H15N3/c1-4-9-13-11(5-2)15(3)12-8-6-7-10-14-12/h4-10H,1H2,2-3H3/b11-5+,13-9?. The molecule has 78 valence electrons. The van der Waals surface area contributed by atoms with Gasteiger partial charge in [-0.1, -0.05) is 18.7 Å². The third-order valence-electron chi connectivity index (χ3n) is 1.91. The van der Waals surface area contributed by atoms with Crippen LogP contribution in [0.1, 0.15) is 6.92 Å². The number of hydrogen-bond donors (Lipinski definition) is 0. The van der Waals surface area contributed by atoms with Crippen LogP contribution < -0.4 is 4.90 Å². The fourth-order valence-electron chi connectivity index (χ4n) is 1.15. The Morgan fingerprint density at radius 2 is 2.33 bits per heavy atom. The fraction of sp³-hybridized carbons (Fsp3) is 0.167. The highest BCUT2D eigenvalue weighted by Crippen LogP contribution is 2.13. The van der Waals surface area contributed by atoms with Crippen molar-refractivity contribution in [3.63, 3.8) is 0 Å². The van der Waals surface area contributed by atoms with Crippen molar-refractivity contribution >= 4 is 12.0 Å². The molecular formula is C12H15N3. The van der Waals surface area contributed by atoms with Crippen LogP contribution in [0.4, 0.5) is 5.82 Å². The molecule has 0 unspecified atom stereocenters.